The van der Waals surface area contributed by atoms with Crippen molar-refractivity contribution < 1.29 is 4.79 Å². The van der Waals surface area contributed by atoms with Gasteiger partial charge in [-0.15, -0.1) is 0 Å². The van der Waals surface area contributed by atoms with Crippen LogP contribution in [-0.4, -0.2) is 71.6 Å². The molecule has 2 aromatic rings. The largest absolute Gasteiger partial charge is 0.336 e. The Kier molecular flexibility index (Phi) is 5.61. The number of hydrogen-bond donors (Lipinski definition) is 0. The third-order valence-electron chi connectivity index (χ3n) is 4.57. The van der Waals surface area contributed by atoms with Gasteiger partial charge in [0.1, 0.15) is 0 Å². The van der Waals surface area contributed by atoms with Gasteiger partial charge in [0.05, 0.1) is 12.9 Å². The minimum atomic E-state index is 0.146. The highest BCUT2D eigenvalue weighted by Gasteiger charge is 2.20. The van der Waals surface area contributed by atoms with Crippen LogP contribution in [-0.2, 0) is 11.3 Å². The number of amides is 1. The molecule has 0 N–H and O–H groups in total. The molecule has 0 radical (unpaired) electrons. The van der Waals surface area contributed by atoms with Gasteiger partial charge < -0.3 is 9.47 Å². The zero-order valence-electron chi connectivity index (χ0n) is 14.2. The number of carbonyl (C=O) groups is 1. The van der Waals surface area contributed by atoms with Crippen molar-refractivity contribution >= 4 is 11.6 Å². The highest BCUT2D eigenvalue weighted by atomic mass is 16.2. The van der Waals surface area contributed by atoms with Gasteiger partial charge in [0.25, 0.3) is 0 Å². The summed E-state index contributed by atoms with van der Waals surface area (Å²) in [6.45, 7) is 6.39. The van der Waals surface area contributed by atoms with Crippen LogP contribution >= 0.6 is 0 Å². The molecular formula is C18H25N5O. The summed E-state index contributed by atoms with van der Waals surface area (Å²) in [4.78, 5) is 22.9. The maximum absolute atomic E-state index is 12.4. The number of nitrogens with zero attached hydrogens (tertiary/aromatic N) is 5. The number of rotatable bonds is 6. The van der Waals surface area contributed by atoms with Gasteiger partial charge in [-0.05, 0) is 12.1 Å². The lowest BCUT2D eigenvalue weighted by molar-refractivity contribution is -0.119. The number of hydrogen-bond acceptors (Lipinski definition) is 4. The van der Waals surface area contributed by atoms with E-state index in [1.165, 1.54) is 0 Å². The molecule has 1 amide bonds. The lowest BCUT2D eigenvalue weighted by atomic mass is 10.2. The molecule has 0 atom stereocenters. The van der Waals surface area contributed by atoms with E-state index in [4.69, 9.17) is 0 Å². The van der Waals surface area contributed by atoms with E-state index in [2.05, 4.69) is 19.4 Å². The average molecular weight is 327 g/mol. The second-order valence-corrected chi connectivity index (χ2v) is 6.21. The molecule has 2 heterocycles. The van der Waals surface area contributed by atoms with Crippen LogP contribution in [0, 0.1) is 0 Å². The Labute approximate surface area is 143 Å². The van der Waals surface area contributed by atoms with Crippen molar-refractivity contribution in [3.8, 4) is 0 Å². The Morgan fingerprint density at radius 1 is 1.08 bits per heavy atom. The number of carbonyl (C=O) groups excluding carboxylic acids is 1. The number of para-hydroxylation sites is 1. The first kappa shape index (κ1) is 16.7. The van der Waals surface area contributed by atoms with Gasteiger partial charge in [-0.2, -0.15) is 0 Å². The first-order chi connectivity index (χ1) is 11.7. The van der Waals surface area contributed by atoms with Crippen LogP contribution < -0.4 is 4.90 Å². The molecule has 0 saturated carbocycles. The Morgan fingerprint density at radius 3 is 2.46 bits per heavy atom. The molecule has 0 spiro atoms. The fourth-order valence-corrected chi connectivity index (χ4v) is 2.94. The van der Waals surface area contributed by atoms with Gasteiger partial charge in [0, 0.05) is 64.4 Å². The number of benzene rings is 1. The molecular weight excluding hydrogens is 302 g/mol. The van der Waals surface area contributed by atoms with Crippen LogP contribution in [0.4, 0.5) is 5.69 Å². The number of likely N-dealkylation sites (N-methyl/N-ethyl adjacent to an activating group) is 1. The normalized spacial score (nSPS) is 16.2. The van der Waals surface area contributed by atoms with E-state index in [-0.39, 0.29) is 5.91 Å². The average Bonchev–Trinajstić information content (AvgIpc) is 3.15. The van der Waals surface area contributed by atoms with E-state index < -0.39 is 0 Å². The molecule has 128 valence electrons. The summed E-state index contributed by atoms with van der Waals surface area (Å²) in [5.41, 5.74) is 0.946. The number of aromatic nitrogens is 2. The molecule has 1 fully saturated rings. The Hall–Kier alpha value is -2.18. The summed E-state index contributed by atoms with van der Waals surface area (Å²) in [6, 6.07) is 9.80. The fourth-order valence-electron chi connectivity index (χ4n) is 2.94. The molecule has 3 rings (SSSR count). The molecule has 1 aromatic heterocycles. The lowest BCUT2D eigenvalue weighted by Gasteiger charge is -2.35. The quantitative estimate of drug-likeness (QED) is 0.799. The monoisotopic (exact) mass is 327 g/mol. The Bertz CT molecular complexity index is 620. The van der Waals surface area contributed by atoms with Gasteiger partial charge in [-0.1, -0.05) is 18.2 Å². The molecule has 0 aliphatic carbocycles. The summed E-state index contributed by atoms with van der Waals surface area (Å²) < 4.78 is 2.10. The molecule has 0 bridgehead atoms. The number of piperazine rings is 1. The van der Waals surface area contributed by atoms with Crippen LogP contribution in [0.2, 0.25) is 0 Å². The molecule has 1 saturated heterocycles. The number of imidazole rings is 1. The van der Waals surface area contributed by atoms with Crippen molar-refractivity contribution in [3.63, 3.8) is 0 Å². The smallest absolute Gasteiger partial charge is 0.240 e. The third kappa shape index (κ3) is 4.43. The fraction of sp³-hybridized carbons (Fsp3) is 0.444. The van der Waals surface area contributed by atoms with E-state index in [0.717, 1.165) is 45.0 Å². The van der Waals surface area contributed by atoms with E-state index in [1.54, 1.807) is 4.90 Å². The summed E-state index contributed by atoms with van der Waals surface area (Å²) >= 11 is 0. The van der Waals surface area contributed by atoms with Crippen molar-refractivity contribution in [2.24, 2.45) is 0 Å². The minimum Gasteiger partial charge on any atom is -0.336 e. The lowest BCUT2D eigenvalue weighted by Crippen LogP contribution is -2.50. The Morgan fingerprint density at radius 2 is 1.79 bits per heavy atom. The first-order valence-electron chi connectivity index (χ1n) is 8.44. The van der Waals surface area contributed by atoms with Crippen LogP contribution in [0.1, 0.15) is 0 Å². The van der Waals surface area contributed by atoms with Gasteiger partial charge >= 0.3 is 0 Å². The molecule has 24 heavy (non-hydrogen) atoms. The highest BCUT2D eigenvalue weighted by molar-refractivity contribution is 5.94. The summed E-state index contributed by atoms with van der Waals surface area (Å²) in [5, 5.41) is 0. The minimum absolute atomic E-state index is 0.146. The maximum atomic E-state index is 12.4. The van der Waals surface area contributed by atoms with Crippen molar-refractivity contribution in [2.75, 3.05) is 51.2 Å². The van der Waals surface area contributed by atoms with Crippen LogP contribution in [0.3, 0.4) is 0 Å². The van der Waals surface area contributed by atoms with Gasteiger partial charge in [0.15, 0.2) is 0 Å². The second kappa shape index (κ2) is 8.08. The van der Waals surface area contributed by atoms with E-state index >= 15 is 0 Å². The zero-order valence-corrected chi connectivity index (χ0v) is 14.2. The summed E-state index contributed by atoms with van der Waals surface area (Å²) in [5.74, 6) is 0.146. The van der Waals surface area contributed by atoms with Gasteiger partial charge in [0.2, 0.25) is 5.91 Å². The van der Waals surface area contributed by atoms with Crippen molar-refractivity contribution in [1.29, 1.82) is 0 Å². The predicted molar refractivity (Wildman–Crippen MR) is 95.0 cm³/mol. The molecule has 1 aromatic carbocycles. The highest BCUT2D eigenvalue weighted by Crippen LogP contribution is 2.12. The van der Waals surface area contributed by atoms with Crippen molar-refractivity contribution in [1.82, 2.24) is 19.4 Å². The standard InChI is InChI=1S/C18H25N5O/c1-20(17-5-3-2-4-6-17)18(24)15-22-12-9-21(10-13-22)11-14-23-8-7-19-16-23/h2-8,16H,9-15H2,1H3. The maximum Gasteiger partial charge on any atom is 0.240 e. The topological polar surface area (TPSA) is 44.6 Å². The van der Waals surface area contributed by atoms with Crippen LogP contribution in [0.5, 0.6) is 0 Å². The summed E-state index contributed by atoms with van der Waals surface area (Å²) in [6.07, 6.45) is 5.66. The van der Waals surface area contributed by atoms with E-state index in [9.17, 15) is 4.79 Å². The molecule has 6 nitrogen and oxygen atoms in total. The number of anilines is 1. The molecule has 1 aliphatic rings. The van der Waals surface area contributed by atoms with Crippen LogP contribution in [0.25, 0.3) is 0 Å². The van der Waals surface area contributed by atoms with Crippen LogP contribution in [0.15, 0.2) is 49.1 Å². The molecule has 1 aliphatic heterocycles. The van der Waals surface area contributed by atoms with Gasteiger partial charge in [-0.25, -0.2) is 4.98 Å². The Balaban J connectivity index is 1.41. The summed E-state index contributed by atoms with van der Waals surface area (Å²) in [7, 11) is 1.85. The molecule has 0 unspecified atom stereocenters. The molecule has 6 heteroatoms. The van der Waals surface area contributed by atoms with E-state index in [0.29, 0.717) is 6.54 Å². The SMILES string of the molecule is CN(C(=O)CN1CCN(CCn2ccnc2)CC1)c1ccccc1. The first-order valence-corrected chi connectivity index (χ1v) is 8.44. The third-order valence-corrected chi connectivity index (χ3v) is 4.57. The second-order valence-electron chi connectivity index (χ2n) is 6.21. The zero-order chi connectivity index (χ0) is 16.8. The van der Waals surface area contributed by atoms with Gasteiger partial charge in [-0.3, -0.25) is 14.6 Å². The predicted octanol–water partition coefficient (Wildman–Crippen LogP) is 1.16. The van der Waals surface area contributed by atoms with E-state index in [1.807, 2.05) is 56.1 Å². The van der Waals surface area contributed by atoms with Crippen molar-refractivity contribution in [3.05, 3.63) is 49.1 Å². The van der Waals surface area contributed by atoms with Crippen molar-refractivity contribution in [2.45, 2.75) is 6.54 Å².